The van der Waals surface area contributed by atoms with Crippen LogP contribution in [-0.4, -0.2) is 31.3 Å². The van der Waals surface area contributed by atoms with Crippen molar-refractivity contribution in [3.63, 3.8) is 0 Å². The number of rotatable bonds is 2. The summed E-state index contributed by atoms with van der Waals surface area (Å²) < 4.78 is 0. The summed E-state index contributed by atoms with van der Waals surface area (Å²) in [5.41, 5.74) is 2.77. The molecule has 0 unspecified atom stereocenters. The van der Waals surface area contributed by atoms with Gasteiger partial charge < -0.3 is 21.5 Å². The van der Waals surface area contributed by atoms with E-state index in [0.717, 1.165) is 17.5 Å². The van der Waals surface area contributed by atoms with Crippen LogP contribution in [0.3, 0.4) is 0 Å². The molecule has 4 nitrogen and oxygen atoms in total. The van der Waals surface area contributed by atoms with E-state index in [0.29, 0.717) is 5.46 Å². The molecule has 0 aromatic heterocycles. The Hall–Kier alpha value is -0.875. The molecule has 6 N–H and O–H groups in total. The number of hydrogen-bond acceptors (Lipinski definition) is 4. The van der Waals surface area contributed by atoms with Crippen molar-refractivity contribution in [3.8, 4) is 0 Å². The molecule has 0 amide bonds. The molecule has 92 valence electrons. The second-order valence-corrected chi connectivity index (χ2v) is 3.43. The van der Waals surface area contributed by atoms with Crippen LogP contribution in [0.2, 0.25) is 0 Å². The molecule has 0 aliphatic rings. The van der Waals surface area contributed by atoms with Gasteiger partial charge >= 0.3 is 7.12 Å². The minimum Gasteiger partial charge on any atom is -0.423 e. The van der Waals surface area contributed by atoms with Crippen molar-refractivity contribution in [2.24, 2.45) is 0 Å². The first-order valence-electron chi connectivity index (χ1n) is 5.10. The topological polar surface area (TPSA) is 87.5 Å². The first kappa shape index (κ1) is 17.5. The highest BCUT2D eigenvalue weighted by Gasteiger charge is 2.14. The maximum atomic E-state index is 8.98. The fourth-order valence-electron chi connectivity index (χ4n) is 1.29. The quantitative estimate of drug-likeness (QED) is 0.544. The lowest BCUT2D eigenvalue weighted by Crippen LogP contribution is -2.32. The predicted octanol–water partition coefficient (Wildman–Crippen LogP) is 0.235. The molecule has 0 saturated carbocycles. The smallest absolute Gasteiger partial charge is 0.423 e. The number of nitrogens with one attached hydrogen (secondary N) is 1. The average Bonchev–Trinajstić information content (AvgIpc) is 2.18. The Morgan fingerprint density at radius 3 is 2.12 bits per heavy atom. The van der Waals surface area contributed by atoms with Gasteiger partial charge in [-0.1, -0.05) is 30.7 Å². The van der Waals surface area contributed by atoms with Crippen molar-refractivity contribution in [3.05, 3.63) is 29.3 Å². The minimum atomic E-state index is -1.35. The third-order valence-corrected chi connectivity index (χ3v) is 1.96. The van der Waals surface area contributed by atoms with E-state index in [1.807, 2.05) is 40.1 Å². The molecule has 0 radical (unpaired) electrons. The van der Waals surface area contributed by atoms with Gasteiger partial charge in [-0.3, -0.25) is 0 Å². The fourth-order valence-corrected chi connectivity index (χ4v) is 1.29. The predicted molar refractivity (Wildman–Crippen MR) is 70.4 cm³/mol. The van der Waals surface area contributed by atoms with E-state index in [9.17, 15) is 0 Å². The summed E-state index contributed by atoms with van der Waals surface area (Å²) in [6, 6.07) is 5.63. The molecule has 0 spiro atoms. The van der Waals surface area contributed by atoms with Gasteiger partial charge in [-0.15, -0.1) is 0 Å². The van der Waals surface area contributed by atoms with Crippen LogP contribution in [0.1, 0.15) is 18.1 Å². The maximum absolute atomic E-state index is 8.98. The highest BCUT2D eigenvalue weighted by atomic mass is 16.4. The Kier molecular flexibility index (Phi) is 10.2. The first-order valence-corrected chi connectivity index (χ1v) is 5.10. The summed E-state index contributed by atoms with van der Waals surface area (Å²) in [4.78, 5) is 0. The van der Waals surface area contributed by atoms with Gasteiger partial charge in [-0.05, 0) is 38.5 Å². The summed E-state index contributed by atoms with van der Waals surface area (Å²) >= 11 is 0. The number of hydrogen-bond donors (Lipinski definition) is 4. The SMILES string of the molecule is CCc1cc(C)ccc1B(O)O.CNC.N. The number of aryl methyl sites for hydroxylation is 2. The first-order chi connectivity index (χ1) is 7.06. The van der Waals surface area contributed by atoms with Gasteiger partial charge in [0.25, 0.3) is 0 Å². The fraction of sp³-hybridized carbons (Fsp3) is 0.455. The third kappa shape index (κ3) is 5.87. The van der Waals surface area contributed by atoms with Crippen LogP contribution < -0.4 is 16.9 Å². The lowest BCUT2D eigenvalue weighted by molar-refractivity contribution is 0.425. The molecule has 0 heterocycles. The van der Waals surface area contributed by atoms with E-state index in [2.05, 4.69) is 5.32 Å². The van der Waals surface area contributed by atoms with Crippen molar-refractivity contribution in [1.29, 1.82) is 0 Å². The molecule has 1 aromatic carbocycles. The molecule has 5 heteroatoms. The molecular weight excluding hydrogens is 203 g/mol. The van der Waals surface area contributed by atoms with E-state index in [-0.39, 0.29) is 6.15 Å². The molecule has 0 saturated heterocycles. The van der Waals surface area contributed by atoms with E-state index in [1.54, 1.807) is 6.07 Å². The van der Waals surface area contributed by atoms with Gasteiger partial charge in [0.2, 0.25) is 0 Å². The second-order valence-electron chi connectivity index (χ2n) is 3.43. The van der Waals surface area contributed by atoms with Crippen LogP contribution >= 0.6 is 0 Å². The summed E-state index contributed by atoms with van der Waals surface area (Å²) in [7, 11) is 2.40. The molecule has 0 aliphatic carbocycles. The van der Waals surface area contributed by atoms with Crippen LogP contribution in [0, 0.1) is 6.92 Å². The molecule has 0 bridgehead atoms. The minimum absolute atomic E-state index is 0. The van der Waals surface area contributed by atoms with Gasteiger partial charge in [-0.2, -0.15) is 0 Å². The maximum Gasteiger partial charge on any atom is 0.488 e. The Morgan fingerprint density at radius 1 is 1.25 bits per heavy atom. The lowest BCUT2D eigenvalue weighted by Gasteiger charge is -2.07. The molecular formula is C11H23BN2O2. The summed E-state index contributed by atoms with van der Waals surface area (Å²) in [6.45, 7) is 3.99. The molecule has 16 heavy (non-hydrogen) atoms. The van der Waals surface area contributed by atoms with Gasteiger partial charge in [0.05, 0.1) is 0 Å². The third-order valence-electron chi connectivity index (χ3n) is 1.96. The monoisotopic (exact) mass is 226 g/mol. The largest absolute Gasteiger partial charge is 0.488 e. The zero-order valence-corrected chi connectivity index (χ0v) is 10.6. The zero-order valence-electron chi connectivity index (χ0n) is 10.6. The van der Waals surface area contributed by atoms with Crippen molar-refractivity contribution in [2.75, 3.05) is 14.1 Å². The van der Waals surface area contributed by atoms with E-state index < -0.39 is 7.12 Å². The van der Waals surface area contributed by atoms with Crippen LogP contribution in [-0.2, 0) is 6.42 Å². The van der Waals surface area contributed by atoms with E-state index >= 15 is 0 Å². The average molecular weight is 226 g/mol. The van der Waals surface area contributed by atoms with Crippen molar-refractivity contribution in [2.45, 2.75) is 20.3 Å². The van der Waals surface area contributed by atoms with Gasteiger partial charge in [0.15, 0.2) is 0 Å². The number of benzene rings is 1. The van der Waals surface area contributed by atoms with Crippen LogP contribution in [0.4, 0.5) is 0 Å². The molecule has 0 aliphatic heterocycles. The zero-order chi connectivity index (χ0) is 11.8. The summed E-state index contributed by atoms with van der Waals surface area (Å²) in [5.74, 6) is 0. The van der Waals surface area contributed by atoms with Crippen LogP contribution in [0.15, 0.2) is 18.2 Å². The summed E-state index contributed by atoms with van der Waals surface area (Å²) in [5, 5.41) is 20.7. The molecule has 0 fully saturated rings. The second kappa shape index (κ2) is 9.36. The Balaban J connectivity index is 0. The van der Waals surface area contributed by atoms with E-state index in [1.165, 1.54) is 0 Å². The normalized spacial score (nSPS) is 8.62. The Morgan fingerprint density at radius 2 is 1.75 bits per heavy atom. The van der Waals surface area contributed by atoms with E-state index in [4.69, 9.17) is 10.0 Å². The van der Waals surface area contributed by atoms with Crippen molar-refractivity contribution < 1.29 is 10.0 Å². The Labute approximate surface area is 98.4 Å². The molecule has 1 aromatic rings. The highest BCUT2D eigenvalue weighted by molar-refractivity contribution is 6.59. The van der Waals surface area contributed by atoms with Crippen LogP contribution in [0.5, 0.6) is 0 Å². The van der Waals surface area contributed by atoms with Gasteiger partial charge in [-0.25, -0.2) is 0 Å². The van der Waals surface area contributed by atoms with Crippen LogP contribution in [0.25, 0.3) is 0 Å². The van der Waals surface area contributed by atoms with Crippen molar-refractivity contribution in [1.82, 2.24) is 11.5 Å². The molecule has 1 rings (SSSR count). The lowest BCUT2D eigenvalue weighted by atomic mass is 9.76. The standard InChI is InChI=1S/C9H13BO2.C2H7N.H3N/c1-3-8-6-7(2)4-5-9(8)10(11)12;1-3-2;/h4-6,11-12H,3H2,1-2H3;3H,1-2H3;1H3. The highest BCUT2D eigenvalue weighted by Crippen LogP contribution is 2.02. The van der Waals surface area contributed by atoms with Crippen molar-refractivity contribution >= 4 is 12.6 Å². The van der Waals surface area contributed by atoms with Gasteiger partial charge in [0.1, 0.15) is 0 Å². The molecule has 0 atom stereocenters. The Bertz CT molecular complexity index is 293. The van der Waals surface area contributed by atoms with Gasteiger partial charge in [0, 0.05) is 0 Å². The summed E-state index contributed by atoms with van der Waals surface area (Å²) in [6.07, 6.45) is 0.828.